The standard InChI is InChI=1S/C22H18F4N6/c23-18-7-2-1-6-17(18)21-28-27-19-8-9-20(29-32(19)21)31-12-10-30(11-13-31)16-5-3-4-15(14-16)22(24,25)26/h1-9,14H,10-13H2. The molecule has 0 N–H and O–H groups in total. The van der Waals surface area contributed by atoms with Crippen molar-refractivity contribution in [3.05, 3.63) is 72.0 Å². The largest absolute Gasteiger partial charge is 0.416 e. The molecule has 1 fully saturated rings. The molecule has 4 aromatic rings. The monoisotopic (exact) mass is 442 g/mol. The maximum absolute atomic E-state index is 14.2. The molecule has 1 aliphatic rings. The van der Waals surface area contributed by atoms with Gasteiger partial charge in [-0.25, -0.2) is 4.39 Å². The van der Waals surface area contributed by atoms with Gasteiger partial charge in [-0.2, -0.15) is 17.7 Å². The Morgan fingerprint density at radius 1 is 0.781 bits per heavy atom. The van der Waals surface area contributed by atoms with Gasteiger partial charge in [0.15, 0.2) is 11.5 Å². The molecule has 0 bridgehead atoms. The summed E-state index contributed by atoms with van der Waals surface area (Å²) in [6, 6.07) is 15.2. The van der Waals surface area contributed by atoms with Crippen LogP contribution < -0.4 is 9.80 Å². The van der Waals surface area contributed by atoms with Crippen LogP contribution in [0.1, 0.15) is 5.56 Å². The Morgan fingerprint density at radius 2 is 1.53 bits per heavy atom. The molecular weight excluding hydrogens is 424 g/mol. The summed E-state index contributed by atoms with van der Waals surface area (Å²) >= 11 is 0. The minimum atomic E-state index is -4.37. The summed E-state index contributed by atoms with van der Waals surface area (Å²) in [4.78, 5) is 3.96. The topological polar surface area (TPSA) is 49.6 Å². The molecule has 5 rings (SSSR count). The highest BCUT2D eigenvalue weighted by atomic mass is 19.4. The first-order valence-corrected chi connectivity index (χ1v) is 10.0. The number of halogens is 4. The van der Waals surface area contributed by atoms with Crippen LogP contribution in [0.4, 0.5) is 29.1 Å². The van der Waals surface area contributed by atoms with Crippen molar-refractivity contribution in [3.63, 3.8) is 0 Å². The second-order valence-electron chi connectivity index (χ2n) is 7.49. The number of benzene rings is 2. The van der Waals surface area contributed by atoms with Crippen LogP contribution in [0.15, 0.2) is 60.7 Å². The third-order valence-electron chi connectivity index (χ3n) is 5.51. The van der Waals surface area contributed by atoms with E-state index in [2.05, 4.69) is 15.3 Å². The molecule has 0 unspecified atom stereocenters. The molecule has 0 saturated carbocycles. The SMILES string of the molecule is Fc1ccccc1-c1nnc2ccc(N3CCN(c4cccc(C(F)(F)F)c4)CC3)nn12. The van der Waals surface area contributed by atoms with Crippen molar-refractivity contribution in [2.75, 3.05) is 36.0 Å². The van der Waals surface area contributed by atoms with Crippen LogP contribution >= 0.6 is 0 Å². The molecule has 10 heteroatoms. The zero-order valence-corrected chi connectivity index (χ0v) is 16.8. The summed E-state index contributed by atoms with van der Waals surface area (Å²) in [6.07, 6.45) is -4.37. The van der Waals surface area contributed by atoms with Crippen molar-refractivity contribution in [1.29, 1.82) is 0 Å². The summed E-state index contributed by atoms with van der Waals surface area (Å²) in [5, 5.41) is 12.8. The van der Waals surface area contributed by atoms with Gasteiger partial charge in [0.1, 0.15) is 11.6 Å². The second-order valence-corrected chi connectivity index (χ2v) is 7.49. The maximum atomic E-state index is 14.2. The normalized spacial score (nSPS) is 14.9. The van der Waals surface area contributed by atoms with E-state index in [4.69, 9.17) is 0 Å². The second kappa shape index (κ2) is 7.77. The Hall–Kier alpha value is -3.69. The fraction of sp³-hybridized carbons (Fsp3) is 0.227. The first-order valence-electron chi connectivity index (χ1n) is 10.0. The first kappa shape index (κ1) is 20.2. The molecule has 1 saturated heterocycles. The highest BCUT2D eigenvalue weighted by Crippen LogP contribution is 2.32. The van der Waals surface area contributed by atoms with Crippen LogP contribution in [-0.2, 0) is 6.18 Å². The van der Waals surface area contributed by atoms with E-state index in [0.717, 1.165) is 6.07 Å². The summed E-state index contributed by atoms with van der Waals surface area (Å²) in [5.74, 6) is 0.560. The van der Waals surface area contributed by atoms with Crippen molar-refractivity contribution in [1.82, 2.24) is 19.8 Å². The molecule has 0 radical (unpaired) electrons. The van der Waals surface area contributed by atoms with Crippen molar-refractivity contribution in [3.8, 4) is 11.4 Å². The molecule has 0 atom stereocenters. The van der Waals surface area contributed by atoms with Gasteiger partial charge in [-0.3, -0.25) is 0 Å². The summed E-state index contributed by atoms with van der Waals surface area (Å²) in [5.41, 5.74) is 0.690. The predicted octanol–water partition coefficient (Wildman–Crippen LogP) is 4.28. The van der Waals surface area contributed by atoms with Crippen LogP contribution in [0.2, 0.25) is 0 Å². The van der Waals surface area contributed by atoms with E-state index in [1.807, 2.05) is 15.9 Å². The third kappa shape index (κ3) is 3.72. The maximum Gasteiger partial charge on any atom is 0.416 e. The Balaban J connectivity index is 1.37. The van der Waals surface area contributed by atoms with E-state index in [9.17, 15) is 17.6 Å². The van der Waals surface area contributed by atoms with Crippen molar-refractivity contribution >= 4 is 17.2 Å². The van der Waals surface area contributed by atoms with Crippen molar-refractivity contribution in [2.24, 2.45) is 0 Å². The molecule has 0 spiro atoms. The van der Waals surface area contributed by atoms with Gasteiger partial charge in [-0.15, -0.1) is 15.3 Å². The molecule has 0 amide bonds. The minimum absolute atomic E-state index is 0.305. The molecule has 3 heterocycles. The van der Waals surface area contributed by atoms with Gasteiger partial charge in [-0.1, -0.05) is 18.2 Å². The number of hydrogen-bond acceptors (Lipinski definition) is 5. The number of aromatic nitrogens is 4. The lowest BCUT2D eigenvalue weighted by Gasteiger charge is -2.36. The Labute approximate surface area is 180 Å². The van der Waals surface area contributed by atoms with Crippen LogP contribution in [0.25, 0.3) is 17.0 Å². The van der Waals surface area contributed by atoms with E-state index >= 15 is 0 Å². The zero-order valence-electron chi connectivity index (χ0n) is 16.8. The molecular formula is C22H18F4N6. The lowest BCUT2D eigenvalue weighted by atomic mass is 10.1. The third-order valence-corrected chi connectivity index (χ3v) is 5.51. The molecule has 164 valence electrons. The molecule has 2 aromatic carbocycles. The summed E-state index contributed by atoms with van der Waals surface area (Å²) < 4.78 is 54.8. The van der Waals surface area contributed by atoms with Gasteiger partial charge in [0, 0.05) is 31.9 Å². The first-order chi connectivity index (χ1) is 15.4. The average molecular weight is 442 g/mol. The van der Waals surface area contributed by atoms with E-state index < -0.39 is 17.6 Å². The van der Waals surface area contributed by atoms with E-state index in [0.29, 0.717) is 54.7 Å². The van der Waals surface area contributed by atoms with Crippen LogP contribution in [-0.4, -0.2) is 46.0 Å². The molecule has 32 heavy (non-hydrogen) atoms. The quantitative estimate of drug-likeness (QED) is 0.444. The molecule has 1 aliphatic heterocycles. The van der Waals surface area contributed by atoms with Gasteiger partial charge in [0.2, 0.25) is 0 Å². The lowest BCUT2D eigenvalue weighted by molar-refractivity contribution is -0.137. The smallest absolute Gasteiger partial charge is 0.368 e. The number of piperazine rings is 1. The minimum Gasteiger partial charge on any atom is -0.368 e. The van der Waals surface area contributed by atoms with Gasteiger partial charge in [0.05, 0.1) is 11.1 Å². The van der Waals surface area contributed by atoms with E-state index in [1.54, 1.807) is 30.3 Å². The lowest BCUT2D eigenvalue weighted by Crippen LogP contribution is -2.47. The predicted molar refractivity (Wildman–Crippen MR) is 112 cm³/mol. The fourth-order valence-electron chi connectivity index (χ4n) is 3.83. The number of nitrogens with zero attached hydrogens (tertiary/aromatic N) is 6. The zero-order chi connectivity index (χ0) is 22.3. The molecule has 6 nitrogen and oxygen atoms in total. The van der Waals surface area contributed by atoms with Gasteiger partial charge in [0.25, 0.3) is 0 Å². The van der Waals surface area contributed by atoms with Gasteiger partial charge in [-0.05, 0) is 42.5 Å². The molecule has 2 aromatic heterocycles. The highest BCUT2D eigenvalue weighted by molar-refractivity contribution is 5.60. The Morgan fingerprint density at radius 3 is 2.28 bits per heavy atom. The fourth-order valence-corrected chi connectivity index (χ4v) is 3.83. The molecule has 0 aliphatic carbocycles. The average Bonchev–Trinajstić information content (AvgIpc) is 3.22. The Bertz CT molecular complexity index is 1260. The van der Waals surface area contributed by atoms with Gasteiger partial charge < -0.3 is 9.80 Å². The van der Waals surface area contributed by atoms with Crippen molar-refractivity contribution < 1.29 is 17.6 Å². The van der Waals surface area contributed by atoms with Gasteiger partial charge >= 0.3 is 6.18 Å². The number of hydrogen-bond donors (Lipinski definition) is 0. The van der Waals surface area contributed by atoms with Crippen LogP contribution in [0, 0.1) is 5.82 Å². The highest BCUT2D eigenvalue weighted by Gasteiger charge is 2.31. The number of alkyl halides is 3. The number of anilines is 2. The number of rotatable bonds is 3. The van der Waals surface area contributed by atoms with Crippen LogP contribution in [0.3, 0.4) is 0 Å². The van der Waals surface area contributed by atoms with E-state index in [1.165, 1.54) is 22.7 Å². The summed E-state index contributed by atoms with van der Waals surface area (Å²) in [6.45, 7) is 2.24. The summed E-state index contributed by atoms with van der Waals surface area (Å²) in [7, 11) is 0. The van der Waals surface area contributed by atoms with Crippen LogP contribution in [0.5, 0.6) is 0 Å². The van der Waals surface area contributed by atoms with E-state index in [-0.39, 0.29) is 0 Å². The number of fused-ring (bicyclic) bond motifs is 1. The van der Waals surface area contributed by atoms with Crippen molar-refractivity contribution in [2.45, 2.75) is 6.18 Å². The Kier molecular flexibility index (Phi) is 4.91.